The molecule has 0 aliphatic heterocycles. The maximum Gasteiger partial charge on any atom is 0.204 e. The summed E-state index contributed by atoms with van der Waals surface area (Å²) in [5.74, 6) is 2.84. The first kappa shape index (κ1) is 17.6. The second-order valence-corrected chi connectivity index (χ2v) is 4.47. The largest absolute Gasteiger partial charge is 0.490 e. The van der Waals surface area contributed by atoms with Gasteiger partial charge < -0.3 is 14.2 Å². The van der Waals surface area contributed by atoms with Gasteiger partial charge in [-0.2, -0.15) is 0 Å². The van der Waals surface area contributed by atoms with E-state index < -0.39 is 0 Å². The summed E-state index contributed by atoms with van der Waals surface area (Å²) in [6, 6.07) is 3.33. The van der Waals surface area contributed by atoms with Crippen molar-refractivity contribution in [1.29, 1.82) is 0 Å². The normalized spacial score (nSPS) is 10.5. The van der Waals surface area contributed by atoms with Crippen molar-refractivity contribution in [2.75, 3.05) is 33.0 Å². The van der Waals surface area contributed by atoms with Gasteiger partial charge in [0, 0.05) is 0 Å². The molecule has 1 aromatic heterocycles. The SMILES string of the molecule is C#CCOCCOCCOc1ccc(C(=O)/C=C/I)nc1. The third-order valence-electron chi connectivity index (χ3n) is 2.26. The van der Waals surface area contributed by atoms with Crippen LogP contribution in [0.25, 0.3) is 0 Å². The molecule has 0 aliphatic carbocycles. The van der Waals surface area contributed by atoms with E-state index in [1.54, 1.807) is 16.2 Å². The molecule has 0 N–H and O–H groups in total. The summed E-state index contributed by atoms with van der Waals surface area (Å²) in [7, 11) is 0. The van der Waals surface area contributed by atoms with Crippen molar-refractivity contribution in [3.05, 3.63) is 34.2 Å². The van der Waals surface area contributed by atoms with Crippen LogP contribution in [0.2, 0.25) is 0 Å². The number of halogens is 1. The fraction of sp³-hybridized carbons (Fsp3) is 0.333. The molecule has 1 aromatic rings. The van der Waals surface area contributed by atoms with Crippen molar-refractivity contribution in [2.45, 2.75) is 0 Å². The zero-order valence-corrected chi connectivity index (χ0v) is 13.6. The lowest BCUT2D eigenvalue weighted by Gasteiger charge is -2.07. The average molecular weight is 401 g/mol. The number of pyridine rings is 1. The third kappa shape index (κ3) is 7.80. The highest BCUT2D eigenvalue weighted by molar-refractivity contribution is 14.1. The Kier molecular flexibility index (Phi) is 9.44. The summed E-state index contributed by atoms with van der Waals surface area (Å²) in [5.41, 5.74) is 0.386. The highest BCUT2D eigenvalue weighted by Gasteiger charge is 2.03. The summed E-state index contributed by atoms with van der Waals surface area (Å²) in [5, 5.41) is 0. The second-order valence-electron chi connectivity index (χ2n) is 3.75. The molecule has 0 radical (unpaired) electrons. The van der Waals surface area contributed by atoms with Gasteiger partial charge in [-0.25, -0.2) is 4.98 Å². The topological polar surface area (TPSA) is 57.7 Å². The number of ketones is 1. The van der Waals surface area contributed by atoms with E-state index in [2.05, 4.69) is 10.9 Å². The maximum atomic E-state index is 11.5. The van der Waals surface area contributed by atoms with Crippen LogP contribution in [-0.4, -0.2) is 43.8 Å². The molecular weight excluding hydrogens is 385 g/mol. The van der Waals surface area contributed by atoms with E-state index in [1.165, 1.54) is 12.3 Å². The van der Waals surface area contributed by atoms with Crippen molar-refractivity contribution < 1.29 is 19.0 Å². The highest BCUT2D eigenvalue weighted by atomic mass is 127. The van der Waals surface area contributed by atoms with Gasteiger partial charge in [-0.15, -0.1) is 6.42 Å². The van der Waals surface area contributed by atoms with Gasteiger partial charge in [-0.1, -0.05) is 28.5 Å². The summed E-state index contributed by atoms with van der Waals surface area (Å²) in [6.45, 7) is 2.07. The predicted octanol–water partition coefficient (Wildman–Crippen LogP) is 2.26. The molecular formula is C15H16INO4. The van der Waals surface area contributed by atoms with Gasteiger partial charge >= 0.3 is 0 Å². The van der Waals surface area contributed by atoms with E-state index in [0.717, 1.165) is 0 Å². The van der Waals surface area contributed by atoms with Crippen molar-refractivity contribution in [1.82, 2.24) is 4.98 Å². The zero-order valence-electron chi connectivity index (χ0n) is 11.5. The molecule has 0 fully saturated rings. The third-order valence-corrected chi connectivity index (χ3v) is 2.62. The summed E-state index contributed by atoms with van der Waals surface area (Å²) >= 11 is 1.99. The first-order valence-electron chi connectivity index (χ1n) is 6.27. The van der Waals surface area contributed by atoms with Crippen LogP contribution in [-0.2, 0) is 9.47 Å². The number of hydrogen-bond acceptors (Lipinski definition) is 5. The lowest BCUT2D eigenvalue weighted by molar-refractivity contribution is 0.0462. The Hall–Kier alpha value is -1.43. The molecule has 0 aliphatic rings. The maximum absolute atomic E-state index is 11.5. The number of carbonyl (C=O) groups excluding carboxylic acids is 1. The molecule has 112 valence electrons. The van der Waals surface area contributed by atoms with Crippen LogP contribution in [0.15, 0.2) is 28.5 Å². The Labute approximate surface area is 137 Å². The smallest absolute Gasteiger partial charge is 0.204 e. The van der Waals surface area contributed by atoms with Crippen molar-refractivity contribution in [2.24, 2.45) is 0 Å². The van der Waals surface area contributed by atoms with E-state index in [0.29, 0.717) is 44.5 Å². The minimum absolute atomic E-state index is 0.133. The summed E-state index contributed by atoms with van der Waals surface area (Å²) in [6.07, 6.45) is 8.01. The Morgan fingerprint density at radius 3 is 2.71 bits per heavy atom. The number of allylic oxidation sites excluding steroid dienone is 1. The van der Waals surface area contributed by atoms with E-state index >= 15 is 0 Å². The molecule has 0 amide bonds. The zero-order chi connectivity index (χ0) is 15.3. The minimum atomic E-state index is -0.133. The number of rotatable bonds is 10. The first-order chi connectivity index (χ1) is 10.3. The number of nitrogens with zero attached hydrogens (tertiary/aromatic N) is 1. The number of terminal acetylenes is 1. The van der Waals surface area contributed by atoms with Crippen LogP contribution in [0.3, 0.4) is 0 Å². The molecule has 5 nitrogen and oxygen atoms in total. The lowest BCUT2D eigenvalue weighted by Crippen LogP contribution is -2.11. The van der Waals surface area contributed by atoms with Crippen LogP contribution in [0.4, 0.5) is 0 Å². The van der Waals surface area contributed by atoms with Gasteiger partial charge in [-0.3, -0.25) is 4.79 Å². The van der Waals surface area contributed by atoms with Gasteiger partial charge in [0.1, 0.15) is 24.7 Å². The molecule has 0 atom stereocenters. The molecule has 0 bridgehead atoms. The lowest BCUT2D eigenvalue weighted by atomic mass is 10.2. The molecule has 0 aromatic carbocycles. The van der Waals surface area contributed by atoms with Crippen molar-refractivity contribution in [3.8, 4) is 18.1 Å². The second kappa shape index (κ2) is 11.3. The summed E-state index contributed by atoms with van der Waals surface area (Å²) < 4.78 is 17.4. The van der Waals surface area contributed by atoms with Gasteiger partial charge in [0.05, 0.1) is 26.0 Å². The molecule has 0 spiro atoms. The molecule has 1 rings (SSSR count). The van der Waals surface area contributed by atoms with Gasteiger partial charge in [0.2, 0.25) is 5.78 Å². The first-order valence-corrected chi connectivity index (χ1v) is 7.51. The van der Waals surface area contributed by atoms with Crippen molar-refractivity contribution >= 4 is 28.4 Å². The quantitative estimate of drug-likeness (QED) is 0.198. The Morgan fingerprint density at radius 1 is 1.29 bits per heavy atom. The molecule has 0 saturated heterocycles. The standard InChI is InChI=1S/C15H16INO4/c1-2-7-19-8-9-20-10-11-21-13-3-4-14(17-12-13)15(18)5-6-16/h1,3-6,12H,7-11H2/b6-5+. The highest BCUT2D eigenvalue weighted by Crippen LogP contribution is 2.10. The van der Waals surface area contributed by atoms with E-state index in [1.807, 2.05) is 22.6 Å². The van der Waals surface area contributed by atoms with Crippen molar-refractivity contribution in [3.63, 3.8) is 0 Å². The van der Waals surface area contributed by atoms with Gasteiger partial charge in [0.15, 0.2) is 0 Å². The fourth-order valence-electron chi connectivity index (χ4n) is 1.32. The average Bonchev–Trinajstić information content (AvgIpc) is 2.51. The molecule has 0 unspecified atom stereocenters. The predicted molar refractivity (Wildman–Crippen MR) is 87.7 cm³/mol. The van der Waals surface area contributed by atoms with Gasteiger partial charge in [-0.05, 0) is 22.3 Å². The Morgan fingerprint density at radius 2 is 2.05 bits per heavy atom. The van der Waals surface area contributed by atoms with E-state index in [4.69, 9.17) is 20.6 Å². The monoisotopic (exact) mass is 401 g/mol. The number of carbonyl (C=O) groups is 1. The molecule has 6 heteroatoms. The molecule has 21 heavy (non-hydrogen) atoms. The summed E-state index contributed by atoms with van der Waals surface area (Å²) in [4.78, 5) is 15.6. The number of ether oxygens (including phenoxy) is 3. The van der Waals surface area contributed by atoms with E-state index in [9.17, 15) is 4.79 Å². The van der Waals surface area contributed by atoms with Crippen LogP contribution >= 0.6 is 22.6 Å². The Bertz CT molecular complexity index is 493. The number of aromatic nitrogens is 1. The van der Waals surface area contributed by atoms with Gasteiger partial charge in [0.25, 0.3) is 0 Å². The number of hydrogen-bond donors (Lipinski definition) is 0. The Balaban J connectivity index is 2.18. The van der Waals surface area contributed by atoms with Crippen LogP contribution in [0, 0.1) is 12.3 Å². The molecule has 0 saturated carbocycles. The fourth-order valence-corrected chi connectivity index (χ4v) is 1.65. The van der Waals surface area contributed by atoms with E-state index in [-0.39, 0.29) is 5.78 Å². The minimum Gasteiger partial charge on any atom is -0.490 e. The molecule has 1 heterocycles. The van der Waals surface area contributed by atoms with Crippen LogP contribution in [0.5, 0.6) is 5.75 Å². The van der Waals surface area contributed by atoms with Crippen LogP contribution in [0.1, 0.15) is 10.5 Å². The van der Waals surface area contributed by atoms with Crippen LogP contribution < -0.4 is 4.74 Å².